The molecule has 0 saturated carbocycles. The summed E-state index contributed by atoms with van der Waals surface area (Å²) in [5.74, 6) is 1.02. The van der Waals surface area contributed by atoms with Crippen LogP contribution in [0.1, 0.15) is 54.4 Å². The molecule has 0 aliphatic heterocycles. The Morgan fingerprint density at radius 1 is 0.511 bits per heavy atom. The van der Waals surface area contributed by atoms with Crippen LogP contribution in [0.4, 0.5) is 0 Å². The van der Waals surface area contributed by atoms with Gasteiger partial charge >= 0.3 is 0 Å². The van der Waals surface area contributed by atoms with Crippen LogP contribution in [0, 0.1) is 0 Å². The van der Waals surface area contributed by atoms with Crippen molar-refractivity contribution in [2.24, 2.45) is 0 Å². The third-order valence-corrected chi connectivity index (χ3v) is 20.3. The molecule has 0 spiro atoms. The monoisotopic (exact) mass is 678 g/mol. The van der Waals surface area contributed by atoms with Crippen LogP contribution in [-0.4, -0.2) is 37.2 Å². The highest BCUT2D eigenvalue weighted by Gasteiger charge is 2.54. The second-order valence-corrected chi connectivity index (χ2v) is 28.9. The van der Waals surface area contributed by atoms with E-state index >= 15 is 0 Å². The summed E-state index contributed by atoms with van der Waals surface area (Å²) in [6, 6.07) is 43.8. The van der Waals surface area contributed by atoms with E-state index in [2.05, 4.69) is 189 Å². The summed E-state index contributed by atoms with van der Waals surface area (Å²) in [4.78, 5) is 0. The zero-order valence-corrected chi connectivity index (χ0v) is 32.9. The first-order valence-corrected chi connectivity index (χ1v) is 24.4. The van der Waals surface area contributed by atoms with E-state index in [-0.39, 0.29) is 22.3 Å². The minimum Gasteiger partial charge on any atom is -0.547 e. The lowest BCUT2D eigenvalue weighted by Gasteiger charge is -2.48. The van der Waals surface area contributed by atoms with E-state index in [4.69, 9.17) is 13.3 Å². The first-order chi connectivity index (χ1) is 22.2. The lowest BCUT2D eigenvalue weighted by Crippen LogP contribution is -2.69. The van der Waals surface area contributed by atoms with Crippen LogP contribution in [0.5, 0.6) is 0 Å². The van der Waals surface area contributed by atoms with Gasteiger partial charge in [0.2, 0.25) is 8.32 Å². The van der Waals surface area contributed by atoms with E-state index in [9.17, 15) is 0 Å². The van der Waals surface area contributed by atoms with Gasteiger partial charge in [-0.2, -0.15) is 0 Å². The van der Waals surface area contributed by atoms with Crippen molar-refractivity contribution >= 4 is 45.7 Å². The molecule has 2 atom stereocenters. The van der Waals surface area contributed by atoms with Gasteiger partial charge in [0.15, 0.2) is 0 Å². The first kappa shape index (κ1) is 35.3. The molecule has 0 N–H and O–H groups in total. The van der Waals surface area contributed by atoms with Crippen molar-refractivity contribution in [3.63, 3.8) is 0 Å². The Kier molecular flexibility index (Phi) is 10.4. The molecule has 0 bridgehead atoms. The maximum atomic E-state index is 7.77. The summed E-state index contributed by atoms with van der Waals surface area (Å²) < 4.78 is 22.3. The predicted molar refractivity (Wildman–Crippen MR) is 207 cm³/mol. The zero-order chi connectivity index (χ0) is 33.9. The maximum Gasteiger partial charge on any atom is 0.261 e. The van der Waals surface area contributed by atoms with Gasteiger partial charge in [-0.1, -0.05) is 163 Å². The Labute approximate surface area is 287 Å². The molecule has 4 aromatic carbocycles. The van der Waals surface area contributed by atoms with Gasteiger partial charge in [0.05, 0.1) is 18.0 Å². The highest BCUT2D eigenvalue weighted by Crippen LogP contribution is 2.42. The summed E-state index contributed by atoms with van der Waals surface area (Å²) in [5, 5.41) is 4.92. The summed E-state index contributed by atoms with van der Waals surface area (Å²) in [6.07, 6.45) is 3.58. The van der Waals surface area contributed by atoms with Gasteiger partial charge in [0.25, 0.3) is 16.6 Å². The summed E-state index contributed by atoms with van der Waals surface area (Å²) in [6.45, 7) is 20.9. The predicted octanol–water partition coefficient (Wildman–Crippen LogP) is 8.41. The second kappa shape index (κ2) is 13.8. The van der Waals surface area contributed by atoms with E-state index in [0.29, 0.717) is 0 Å². The molecule has 248 valence electrons. The Bertz CT molecular complexity index is 1520. The molecule has 1 aliphatic rings. The SMILES string of the molecule is CC(C)(C)[Si](OC1C=C(O[Si](C)(C)C)CC(O[Si](c2ccccc2)(c2ccccc2)C(C)(C)C)C1)(c1ccccc1)c1ccccc1. The highest BCUT2D eigenvalue weighted by atomic mass is 28.4. The molecule has 0 heterocycles. The normalized spacial score (nSPS) is 18.0. The molecule has 5 rings (SSSR count). The van der Waals surface area contributed by atoms with Crippen LogP contribution in [-0.2, 0) is 13.3 Å². The fraction of sp³-hybridized carbons (Fsp3) is 0.366. The lowest BCUT2D eigenvalue weighted by atomic mass is 10.0. The third kappa shape index (κ3) is 7.52. The van der Waals surface area contributed by atoms with Crippen LogP contribution < -0.4 is 20.7 Å². The highest BCUT2D eigenvalue weighted by molar-refractivity contribution is 7.00. The average molecular weight is 679 g/mol. The van der Waals surface area contributed by atoms with Gasteiger partial charge in [0.1, 0.15) is 0 Å². The summed E-state index contributed by atoms with van der Waals surface area (Å²) in [5.41, 5.74) is 0. The van der Waals surface area contributed by atoms with Crippen molar-refractivity contribution in [1.82, 2.24) is 0 Å². The van der Waals surface area contributed by atoms with E-state index in [1.54, 1.807) is 0 Å². The standard InChI is InChI=1S/C41H54O3Si3/c1-40(2,3)46(36-22-14-10-15-23-36,37-24-16-11-17-25-37)43-34-30-33(42-45(7,8)9)31-35(32-34)44-47(41(4,5)6,38-26-18-12-19-27-38)39-28-20-13-21-29-39/h10-30,34-35H,31-32H2,1-9H3. The van der Waals surface area contributed by atoms with Crippen molar-refractivity contribution in [2.75, 3.05) is 0 Å². The smallest absolute Gasteiger partial charge is 0.261 e. The largest absolute Gasteiger partial charge is 0.547 e. The van der Waals surface area contributed by atoms with E-state index in [1.807, 2.05) is 0 Å². The van der Waals surface area contributed by atoms with Gasteiger partial charge in [-0.05, 0) is 56.5 Å². The third-order valence-electron chi connectivity index (χ3n) is 9.24. The fourth-order valence-electron chi connectivity index (χ4n) is 7.41. The number of hydrogen-bond donors (Lipinski definition) is 0. The zero-order valence-electron chi connectivity index (χ0n) is 29.9. The summed E-state index contributed by atoms with van der Waals surface area (Å²) in [7, 11) is -7.51. The molecule has 0 amide bonds. The summed E-state index contributed by atoms with van der Waals surface area (Å²) >= 11 is 0. The van der Waals surface area contributed by atoms with Gasteiger partial charge in [-0.15, -0.1) is 0 Å². The molecule has 0 fully saturated rings. The molecule has 47 heavy (non-hydrogen) atoms. The van der Waals surface area contributed by atoms with Gasteiger partial charge in [-0.3, -0.25) is 0 Å². The topological polar surface area (TPSA) is 27.7 Å². The fourth-order valence-corrected chi connectivity index (χ4v) is 17.7. The first-order valence-electron chi connectivity index (χ1n) is 17.1. The quantitative estimate of drug-likeness (QED) is 0.158. The van der Waals surface area contributed by atoms with Crippen molar-refractivity contribution in [2.45, 2.75) is 96.3 Å². The lowest BCUT2D eigenvalue weighted by molar-refractivity contribution is 0.0965. The molecule has 0 radical (unpaired) electrons. The molecule has 6 heteroatoms. The molecule has 1 aliphatic carbocycles. The molecule has 4 aromatic rings. The van der Waals surface area contributed by atoms with E-state index in [1.165, 1.54) is 20.7 Å². The van der Waals surface area contributed by atoms with Gasteiger partial charge in [-0.25, -0.2) is 0 Å². The van der Waals surface area contributed by atoms with Gasteiger partial charge in [0, 0.05) is 12.8 Å². The minimum absolute atomic E-state index is 0.0686. The molecule has 2 unspecified atom stereocenters. The molecule has 0 aromatic heterocycles. The maximum absolute atomic E-state index is 7.77. The number of hydrogen-bond acceptors (Lipinski definition) is 3. The minimum atomic E-state index is -2.81. The average Bonchev–Trinajstić information content (AvgIpc) is 3.02. The Morgan fingerprint density at radius 3 is 1.17 bits per heavy atom. The van der Waals surface area contributed by atoms with Crippen molar-refractivity contribution in [1.29, 1.82) is 0 Å². The van der Waals surface area contributed by atoms with Crippen LogP contribution in [0.2, 0.25) is 29.7 Å². The van der Waals surface area contributed by atoms with E-state index < -0.39 is 25.0 Å². The Morgan fingerprint density at radius 2 is 0.851 bits per heavy atom. The van der Waals surface area contributed by atoms with Crippen LogP contribution in [0.3, 0.4) is 0 Å². The molecular formula is C41H54O3Si3. The van der Waals surface area contributed by atoms with Crippen LogP contribution >= 0.6 is 0 Å². The van der Waals surface area contributed by atoms with Crippen LogP contribution in [0.25, 0.3) is 0 Å². The number of rotatable bonds is 10. The van der Waals surface area contributed by atoms with E-state index in [0.717, 1.165) is 18.6 Å². The van der Waals surface area contributed by atoms with Crippen molar-refractivity contribution < 1.29 is 13.3 Å². The Balaban J connectivity index is 1.65. The molecule has 3 nitrogen and oxygen atoms in total. The second-order valence-electron chi connectivity index (χ2n) is 16.0. The Hall–Kier alpha value is -3.01. The van der Waals surface area contributed by atoms with Gasteiger partial charge < -0.3 is 13.3 Å². The number of benzene rings is 4. The van der Waals surface area contributed by atoms with Crippen molar-refractivity contribution in [3.05, 3.63) is 133 Å². The van der Waals surface area contributed by atoms with Crippen molar-refractivity contribution in [3.8, 4) is 0 Å². The van der Waals surface area contributed by atoms with Crippen LogP contribution in [0.15, 0.2) is 133 Å². The molecular weight excluding hydrogens is 625 g/mol. The molecule has 0 saturated heterocycles.